The Morgan fingerprint density at radius 2 is 1.90 bits per heavy atom. The van der Waals surface area contributed by atoms with Gasteiger partial charge in [0.15, 0.2) is 5.96 Å². The number of carbonyl (C=O) groups excluding carboxylic acids is 1. The molecule has 9 nitrogen and oxygen atoms in total. The summed E-state index contributed by atoms with van der Waals surface area (Å²) in [5, 5.41) is 11.9. The van der Waals surface area contributed by atoms with Crippen molar-refractivity contribution in [2.45, 2.75) is 13.1 Å². The van der Waals surface area contributed by atoms with Gasteiger partial charge in [-0.25, -0.2) is 0 Å². The first-order valence-corrected chi connectivity index (χ1v) is 9.92. The highest BCUT2D eigenvalue weighted by Crippen LogP contribution is 2.16. The normalized spacial score (nSPS) is 14.5. The Kier molecular flexibility index (Phi) is 7.66. The Labute approximate surface area is 198 Å². The average Bonchev–Trinajstić information content (AvgIpc) is 3.38. The molecule has 3 aromatic rings. The number of carbonyl (C=O) groups is 1. The highest BCUT2D eigenvalue weighted by atomic mass is 127. The Morgan fingerprint density at radius 3 is 2.58 bits per heavy atom. The molecule has 1 aliphatic rings. The minimum Gasteiger partial charge on any atom is -0.352 e. The van der Waals surface area contributed by atoms with E-state index in [4.69, 9.17) is 0 Å². The number of benzene rings is 1. The molecule has 0 saturated carbocycles. The molecule has 0 aliphatic carbocycles. The highest BCUT2D eigenvalue weighted by molar-refractivity contribution is 14.0. The number of amides is 1. The van der Waals surface area contributed by atoms with Gasteiger partial charge in [-0.3, -0.25) is 19.2 Å². The zero-order valence-electron chi connectivity index (χ0n) is 17.7. The molecule has 0 spiro atoms. The molecule has 1 amide bonds. The van der Waals surface area contributed by atoms with E-state index in [-0.39, 0.29) is 36.4 Å². The van der Waals surface area contributed by atoms with E-state index in [0.717, 1.165) is 17.8 Å². The van der Waals surface area contributed by atoms with Gasteiger partial charge in [-0.1, -0.05) is 30.3 Å². The fourth-order valence-electron chi connectivity index (χ4n) is 3.54. The standard InChI is InChI=1S/C21H26N8O.HI/c1-22-21(27-8-9-29(20(30)16-27)19-12-24-26(2)15-19)23-10-18-11-25-28(14-18)13-17-6-4-3-5-7-17;/h3-7,11-12,14-15H,8-10,13,16H2,1-2H3,(H,22,23);1H. The maximum absolute atomic E-state index is 12.6. The number of nitrogens with one attached hydrogen (secondary N) is 1. The minimum atomic E-state index is 0. The lowest BCUT2D eigenvalue weighted by Gasteiger charge is -2.35. The third kappa shape index (κ3) is 5.63. The fourth-order valence-corrected chi connectivity index (χ4v) is 3.54. The number of rotatable bonds is 5. The van der Waals surface area contributed by atoms with Crippen LogP contribution in [0.4, 0.5) is 5.69 Å². The van der Waals surface area contributed by atoms with Gasteiger partial charge in [0.1, 0.15) is 6.54 Å². The summed E-state index contributed by atoms with van der Waals surface area (Å²) in [6.45, 7) is 2.91. The molecule has 1 aliphatic heterocycles. The van der Waals surface area contributed by atoms with Gasteiger partial charge in [-0.05, 0) is 5.56 Å². The van der Waals surface area contributed by atoms with Crippen molar-refractivity contribution < 1.29 is 4.79 Å². The van der Waals surface area contributed by atoms with Crippen LogP contribution >= 0.6 is 24.0 Å². The van der Waals surface area contributed by atoms with E-state index in [1.165, 1.54) is 5.56 Å². The van der Waals surface area contributed by atoms with Crippen LogP contribution in [-0.2, 0) is 24.9 Å². The van der Waals surface area contributed by atoms with Crippen molar-refractivity contribution in [3.8, 4) is 0 Å². The van der Waals surface area contributed by atoms with Gasteiger partial charge in [-0.15, -0.1) is 24.0 Å². The topological polar surface area (TPSA) is 83.6 Å². The number of guanidine groups is 1. The van der Waals surface area contributed by atoms with E-state index in [9.17, 15) is 4.79 Å². The van der Waals surface area contributed by atoms with Crippen LogP contribution in [0.15, 0.2) is 60.1 Å². The molecule has 1 N–H and O–H groups in total. The Bertz CT molecular complexity index is 1030. The number of anilines is 1. The number of nitrogens with zero attached hydrogens (tertiary/aromatic N) is 7. The number of halogens is 1. The van der Waals surface area contributed by atoms with Crippen LogP contribution in [0.1, 0.15) is 11.1 Å². The van der Waals surface area contributed by atoms with Gasteiger partial charge in [0, 0.05) is 51.7 Å². The van der Waals surface area contributed by atoms with Gasteiger partial charge in [0.25, 0.3) is 0 Å². The molecule has 0 radical (unpaired) electrons. The van der Waals surface area contributed by atoms with Crippen LogP contribution in [0.25, 0.3) is 0 Å². The molecular formula is C21H27IN8O. The van der Waals surface area contributed by atoms with Crippen LogP contribution in [0.5, 0.6) is 0 Å². The van der Waals surface area contributed by atoms with E-state index in [1.54, 1.807) is 22.8 Å². The van der Waals surface area contributed by atoms with Crippen molar-refractivity contribution in [1.82, 2.24) is 29.8 Å². The predicted octanol–water partition coefficient (Wildman–Crippen LogP) is 1.71. The molecule has 3 heterocycles. The molecule has 4 rings (SSSR count). The number of piperazine rings is 1. The largest absolute Gasteiger partial charge is 0.352 e. The molecule has 0 bridgehead atoms. The zero-order chi connectivity index (χ0) is 20.9. The minimum absolute atomic E-state index is 0. The van der Waals surface area contributed by atoms with Crippen molar-refractivity contribution >= 4 is 41.5 Å². The molecule has 2 aromatic heterocycles. The van der Waals surface area contributed by atoms with Crippen molar-refractivity contribution in [3.63, 3.8) is 0 Å². The summed E-state index contributed by atoms with van der Waals surface area (Å²) in [6.07, 6.45) is 7.45. The molecule has 10 heteroatoms. The van der Waals surface area contributed by atoms with Crippen LogP contribution in [0.2, 0.25) is 0 Å². The third-order valence-electron chi connectivity index (χ3n) is 5.06. The SMILES string of the molecule is CN=C(NCc1cnn(Cc2ccccc2)c1)N1CCN(c2cnn(C)c2)C(=O)C1.I. The second-order valence-corrected chi connectivity index (χ2v) is 7.27. The van der Waals surface area contributed by atoms with E-state index < -0.39 is 0 Å². The molecule has 0 unspecified atom stereocenters. The summed E-state index contributed by atoms with van der Waals surface area (Å²) in [4.78, 5) is 20.7. The molecule has 1 aromatic carbocycles. The number of aromatic nitrogens is 4. The maximum Gasteiger partial charge on any atom is 0.246 e. The predicted molar refractivity (Wildman–Crippen MR) is 131 cm³/mol. The van der Waals surface area contributed by atoms with Crippen LogP contribution in [-0.4, -0.2) is 63.0 Å². The van der Waals surface area contributed by atoms with Gasteiger partial charge < -0.3 is 15.1 Å². The molecule has 164 valence electrons. The van der Waals surface area contributed by atoms with Crippen molar-refractivity contribution in [2.24, 2.45) is 12.0 Å². The summed E-state index contributed by atoms with van der Waals surface area (Å²) in [5.74, 6) is 0.748. The summed E-state index contributed by atoms with van der Waals surface area (Å²) in [6, 6.07) is 10.2. The third-order valence-corrected chi connectivity index (χ3v) is 5.06. The summed E-state index contributed by atoms with van der Waals surface area (Å²) >= 11 is 0. The first-order valence-electron chi connectivity index (χ1n) is 9.92. The van der Waals surface area contributed by atoms with Crippen molar-refractivity contribution in [1.29, 1.82) is 0 Å². The van der Waals surface area contributed by atoms with Gasteiger partial charge >= 0.3 is 0 Å². The monoisotopic (exact) mass is 534 g/mol. The number of hydrogen-bond donors (Lipinski definition) is 1. The number of hydrogen-bond acceptors (Lipinski definition) is 4. The van der Waals surface area contributed by atoms with E-state index in [0.29, 0.717) is 25.6 Å². The van der Waals surface area contributed by atoms with Gasteiger partial charge in [0.05, 0.1) is 24.6 Å². The molecule has 1 saturated heterocycles. The van der Waals surface area contributed by atoms with E-state index in [1.807, 2.05) is 53.4 Å². The second kappa shape index (κ2) is 10.4. The Morgan fingerprint density at radius 1 is 1.10 bits per heavy atom. The number of aliphatic imine (C=N–C) groups is 1. The molecule has 31 heavy (non-hydrogen) atoms. The molecular weight excluding hydrogens is 507 g/mol. The number of aryl methyl sites for hydroxylation is 1. The smallest absolute Gasteiger partial charge is 0.246 e. The van der Waals surface area contributed by atoms with Crippen LogP contribution in [0.3, 0.4) is 0 Å². The lowest BCUT2D eigenvalue weighted by Crippen LogP contribution is -2.55. The van der Waals surface area contributed by atoms with Crippen molar-refractivity contribution in [3.05, 3.63) is 66.2 Å². The summed E-state index contributed by atoms with van der Waals surface area (Å²) in [5.41, 5.74) is 3.10. The van der Waals surface area contributed by atoms with Gasteiger partial charge in [-0.2, -0.15) is 10.2 Å². The van der Waals surface area contributed by atoms with Crippen LogP contribution < -0.4 is 10.2 Å². The van der Waals surface area contributed by atoms with E-state index >= 15 is 0 Å². The zero-order valence-corrected chi connectivity index (χ0v) is 20.0. The summed E-state index contributed by atoms with van der Waals surface area (Å²) in [7, 11) is 3.58. The molecule has 0 atom stereocenters. The first kappa shape index (κ1) is 22.8. The lowest BCUT2D eigenvalue weighted by molar-refractivity contribution is -0.120. The van der Waals surface area contributed by atoms with Gasteiger partial charge in [0.2, 0.25) is 5.91 Å². The average molecular weight is 534 g/mol. The van der Waals surface area contributed by atoms with Crippen molar-refractivity contribution in [2.75, 3.05) is 31.6 Å². The lowest BCUT2D eigenvalue weighted by atomic mass is 10.2. The fraction of sp³-hybridized carbons (Fsp3) is 0.333. The quantitative estimate of drug-likeness (QED) is 0.306. The molecule has 1 fully saturated rings. The first-order chi connectivity index (χ1) is 14.6. The maximum atomic E-state index is 12.6. The van der Waals surface area contributed by atoms with Crippen LogP contribution in [0, 0.1) is 0 Å². The Hall–Kier alpha value is -2.89. The van der Waals surface area contributed by atoms with E-state index in [2.05, 4.69) is 32.6 Å². The Balaban J connectivity index is 0.00000272. The summed E-state index contributed by atoms with van der Waals surface area (Å²) < 4.78 is 3.62. The second-order valence-electron chi connectivity index (χ2n) is 7.27. The highest BCUT2D eigenvalue weighted by Gasteiger charge is 2.27.